The number of anilines is 4. The Labute approximate surface area is 742 Å². The molecule has 2 saturated heterocycles. The maximum Gasteiger partial charge on any atom is 0.161 e. The number of aromatic nitrogens is 24. The first-order valence-electron chi connectivity index (χ1n) is 43.7. The summed E-state index contributed by atoms with van der Waals surface area (Å²) in [6.07, 6.45) is 44.0. The van der Waals surface area contributed by atoms with Crippen LogP contribution in [-0.2, 0) is 56.4 Å². The fraction of sp³-hybridized carbons (Fsp3) is 0.326. The molecular formula is C95H109N31O2. The van der Waals surface area contributed by atoms with E-state index in [9.17, 15) is 10.2 Å². The molecule has 4 aliphatic rings. The largest absolute Gasteiger partial charge is 0.393 e. The third-order valence-corrected chi connectivity index (χ3v) is 23.6. The molecule has 20 rings (SSSR count). The molecule has 10 N–H and O–H groups in total. The molecule has 4 fully saturated rings. The van der Waals surface area contributed by atoms with Crippen LogP contribution in [0.5, 0.6) is 0 Å². The van der Waals surface area contributed by atoms with E-state index < -0.39 is 0 Å². The molecule has 33 nitrogen and oxygen atoms in total. The number of β-amino-alcohol motifs (C(OH)–C–C–N with tert-alkyl or cyclic N) is 1. The lowest BCUT2D eigenvalue weighted by molar-refractivity contribution is 0.0883. The average molecular weight is 1720 g/mol. The van der Waals surface area contributed by atoms with Gasteiger partial charge in [0.15, 0.2) is 23.3 Å². The highest BCUT2D eigenvalue weighted by molar-refractivity contribution is 5.81. The van der Waals surface area contributed by atoms with Crippen LogP contribution in [0.1, 0.15) is 64.2 Å². The summed E-state index contributed by atoms with van der Waals surface area (Å²) >= 11 is 0. The number of aliphatic hydroxyl groups excluding tert-OH is 2. The first-order valence-corrected chi connectivity index (χ1v) is 43.7. The van der Waals surface area contributed by atoms with Crippen molar-refractivity contribution in [3.8, 4) is 135 Å². The number of aryl methyl sites for hydroxylation is 8. The van der Waals surface area contributed by atoms with Gasteiger partial charge in [-0.3, -0.25) is 37.5 Å². The van der Waals surface area contributed by atoms with Gasteiger partial charge in [0.2, 0.25) is 0 Å². The zero-order valence-electron chi connectivity index (χ0n) is 73.3. The summed E-state index contributed by atoms with van der Waals surface area (Å²) in [6, 6.07) is 37.7. The van der Waals surface area contributed by atoms with Gasteiger partial charge >= 0.3 is 0 Å². The van der Waals surface area contributed by atoms with E-state index in [2.05, 4.69) is 131 Å². The monoisotopic (exact) mass is 1720 g/mol. The molecule has 5 atom stereocenters. The standard InChI is InChI=1S/C25H29N7O.C24H28N8O.C24H28N8.C22H24N8/c1-31-15-20(12-28-31)18-6-4-7-19(10-18)24-27-14-23(21-13-29-32(2)16-21)25(30-24)26-11-17-5-3-8-22(33)9-17;1-31-14-19(10-28-31)16-4-3-5-17(8-16)23-27-12-21(20-11-29-32(2)15-20)24(30-23)26-9-18-6-7-25-13-22(18)33;1-31-11-9-22(30-31)21-15-26-23(29-24(21)28-20-8-3-4-10-25-14-20)18-7-5-6-17(12-18)19-13-27-32(2)16-19;1-29-7-6-20(28-29)19-12-24-21(27-22(19)26-18-9-17(23)10-18)15-5-3-4-14(8-15)16-11-25-30(2)13-16/h4,6-7,10,12-17,22,33H,3,5,8-9,11H2,1-2H3,(H,26,27,30);3-5,8,10-12,14-15,18,22,25,33H,6-7,9,13H2,1-2H3,(H,26,27,30);5-7,9,11-13,15-16,20,25H,3-4,8,10,14H2,1-2H3,(H,26,28,29);3-8,11-13,17-18H,9-10,23H2,1-2H3,(H,24,26,27)/t;18-,22-;;/m.1../s1. The minimum absolute atomic E-state index is 0.167. The first-order chi connectivity index (χ1) is 62.3. The maximum atomic E-state index is 10.4. The van der Waals surface area contributed by atoms with E-state index in [0.717, 1.165) is 212 Å². The van der Waals surface area contributed by atoms with Crippen molar-refractivity contribution in [1.82, 2.24) is 129 Å². The van der Waals surface area contributed by atoms with E-state index >= 15 is 0 Å². The van der Waals surface area contributed by atoms with Crippen LogP contribution >= 0.6 is 0 Å². The second-order valence-corrected chi connectivity index (χ2v) is 33.7. The van der Waals surface area contributed by atoms with E-state index in [0.29, 0.717) is 54.4 Å². The molecule has 0 spiro atoms. The van der Waals surface area contributed by atoms with Gasteiger partial charge in [0.25, 0.3) is 0 Å². The summed E-state index contributed by atoms with van der Waals surface area (Å²) in [6.45, 7) is 4.95. The van der Waals surface area contributed by atoms with Gasteiger partial charge in [-0.1, -0.05) is 85.6 Å². The number of hydrogen-bond donors (Lipinski definition) is 9. The lowest BCUT2D eigenvalue weighted by Crippen LogP contribution is -2.44. The van der Waals surface area contributed by atoms with Gasteiger partial charge in [0.05, 0.1) is 71.9 Å². The summed E-state index contributed by atoms with van der Waals surface area (Å²) in [7, 11) is 15.3. The normalized spacial score (nSPS) is 17.9. The van der Waals surface area contributed by atoms with Gasteiger partial charge in [-0.15, -0.1) is 0 Å². The first kappa shape index (κ1) is 86.0. The summed E-state index contributed by atoms with van der Waals surface area (Å²) in [4.78, 5) is 38.4. The number of piperidine rings is 1. The Morgan fingerprint density at radius 3 is 1.12 bits per heavy atom. The quantitative estimate of drug-likeness (QED) is 0.0304. The van der Waals surface area contributed by atoms with Crippen LogP contribution in [0.25, 0.3) is 135 Å². The van der Waals surface area contributed by atoms with E-state index in [1.165, 1.54) is 12.8 Å². The molecule has 12 aromatic heterocycles. The number of rotatable bonds is 22. The fourth-order valence-corrected chi connectivity index (χ4v) is 16.6. The summed E-state index contributed by atoms with van der Waals surface area (Å²) in [5.41, 5.74) is 25.6. The molecule has 16 aromatic rings. The van der Waals surface area contributed by atoms with Crippen LogP contribution in [0.4, 0.5) is 23.3 Å². The molecule has 33 heteroatoms. The Kier molecular flexibility index (Phi) is 26.6. The van der Waals surface area contributed by atoms with Crippen LogP contribution in [0.3, 0.4) is 0 Å². The molecule has 656 valence electrons. The zero-order chi connectivity index (χ0) is 88.2. The summed E-state index contributed by atoms with van der Waals surface area (Å²) < 4.78 is 14.3. The SMILES string of the molecule is Cn1cc(-c2cccc(-c3ncc(-c4ccn(C)n4)c(NC4CC(N)C4)n3)c2)cn1.Cn1cc(-c2cccc(-c3ncc(-c4ccn(C)n4)c(NC4CCCCNC4)n3)c2)cn1.Cn1cc(-c2cccc(-c3ncc(-c4cnn(C)c4)c(NCC4CCCC(O)C4)n3)c2)cn1.Cn1cc(-c2cccc(-c3ncc(-c4cnn(C)c4)c(NC[C@H]4CCNC[C@H]4O)n3)c2)cn1. The maximum absolute atomic E-state index is 10.4. The molecule has 0 amide bonds. The highest BCUT2D eigenvalue weighted by Crippen LogP contribution is 2.38. The molecule has 3 unspecified atom stereocenters. The number of nitrogens with zero attached hydrogens (tertiary/aromatic N) is 24. The fourth-order valence-electron chi connectivity index (χ4n) is 16.6. The molecule has 4 aromatic carbocycles. The van der Waals surface area contributed by atoms with Crippen molar-refractivity contribution in [3.05, 3.63) is 221 Å². The highest BCUT2D eigenvalue weighted by atomic mass is 16.3. The molecule has 14 heterocycles. The van der Waals surface area contributed by atoms with E-state index in [1.54, 1.807) is 32.8 Å². The van der Waals surface area contributed by atoms with Gasteiger partial charge in [-0.25, -0.2) is 39.9 Å². The Morgan fingerprint density at radius 2 is 0.742 bits per heavy atom. The lowest BCUT2D eigenvalue weighted by Gasteiger charge is -2.33. The smallest absolute Gasteiger partial charge is 0.161 e. The van der Waals surface area contributed by atoms with E-state index in [-0.39, 0.29) is 24.2 Å². The van der Waals surface area contributed by atoms with Crippen molar-refractivity contribution in [2.75, 3.05) is 60.5 Å². The zero-order valence-corrected chi connectivity index (χ0v) is 73.3. The second kappa shape index (κ2) is 39.6. The van der Waals surface area contributed by atoms with Gasteiger partial charge in [-0.2, -0.15) is 40.8 Å². The van der Waals surface area contributed by atoms with Crippen molar-refractivity contribution in [3.63, 3.8) is 0 Å². The topological polar surface area (TPSA) is 384 Å². The van der Waals surface area contributed by atoms with Crippen LogP contribution < -0.4 is 37.6 Å². The molecule has 2 aliphatic heterocycles. The number of nitrogens with two attached hydrogens (primary N) is 1. The van der Waals surface area contributed by atoms with Crippen molar-refractivity contribution in [2.45, 2.75) is 94.5 Å². The van der Waals surface area contributed by atoms with E-state index in [1.807, 2.05) is 233 Å². The van der Waals surface area contributed by atoms with Crippen LogP contribution in [0, 0.1) is 11.8 Å². The predicted molar refractivity (Wildman–Crippen MR) is 498 cm³/mol. The molecule has 0 bridgehead atoms. The van der Waals surface area contributed by atoms with Crippen molar-refractivity contribution in [1.29, 1.82) is 0 Å². The number of hydrogen-bond acceptors (Lipinski definition) is 25. The third kappa shape index (κ3) is 21.3. The van der Waals surface area contributed by atoms with Gasteiger partial charge in [-0.05, 0) is 129 Å². The number of aliphatic hydroxyl groups is 2. The lowest BCUT2D eigenvalue weighted by atomic mass is 9.87. The minimum atomic E-state index is -0.370. The van der Waals surface area contributed by atoms with Gasteiger partial charge in [0, 0.05) is 248 Å². The second-order valence-electron chi connectivity index (χ2n) is 33.7. The Morgan fingerprint density at radius 1 is 0.359 bits per heavy atom. The van der Waals surface area contributed by atoms with Crippen molar-refractivity contribution >= 4 is 23.3 Å². The van der Waals surface area contributed by atoms with Crippen LogP contribution in [0.15, 0.2) is 221 Å². The molecule has 2 saturated carbocycles. The third-order valence-electron chi connectivity index (χ3n) is 23.6. The minimum Gasteiger partial charge on any atom is -0.393 e. The summed E-state index contributed by atoms with van der Waals surface area (Å²) in [5.74, 6) is 6.43. The Bertz CT molecular complexity index is 6410. The predicted octanol–water partition coefficient (Wildman–Crippen LogP) is 12.6. The average Bonchev–Trinajstić information content (AvgIpc) is 1.26. The highest BCUT2D eigenvalue weighted by Gasteiger charge is 2.30. The van der Waals surface area contributed by atoms with Gasteiger partial charge in [0.1, 0.15) is 23.3 Å². The van der Waals surface area contributed by atoms with Crippen LogP contribution in [-0.4, -0.2) is 198 Å². The number of benzene rings is 4. The van der Waals surface area contributed by atoms with Crippen LogP contribution in [0.2, 0.25) is 0 Å². The van der Waals surface area contributed by atoms with Gasteiger partial charge < -0.3 is 47.8 Å². The Hall–Kier alpha value is -14.1. The summed E-state index contributed by atoms with van der Waals surface area (Å²) in [5, 5.41) is 76.3. The van der Waals surface area contributed by atoms with Crippen molar-refractivity contribution in [2.24, 2.45) is 74.0 Å². The number of nitrogens with one attached hydrogen (secondary N) is 6. The molecule has 2 aliphatic carbocycles. The van der Waals surface area contributed by atoms with Crippen molar-refractivity contribution < 1.29 is 10.2 Å². The Balaban J connectivity index is 0.000000120. The molecule has 0 radical (unpaired) electrons. The molecular weight excluding hydrogens is 1610 g/mol. The van der Waals surface area contributed by atoms with E-state index in [4.69, 9.17) is 35.6 Å². The molecule has 128 heavy (non-hydrogen) atoms.